The van der Waals surface area contributed by atoms with Gasteiger partial charge in [-0.25, -0.2) is 0 Å². The molecular formula is C81H132O6. The maximum atomic E-state index is 10.1. The van der Waals surface area contributed by atoms with Gasteiger partial charge in [-0.05, 0) is 236 Å². The summed E-state index contributed by atoms with van der Waals surface area (Å²) in [4.78, 5) is 0. The minimum Gasteiger partial charge on any atom is -0.393 e. The predicted octanol–water partition coefficient (Wildman–Crippen LogP) is 19.8. The van der Waals surface area contributed by atoms with Crippen molar-refractivity contribution in [1.82, 2.24) is 0 Å². The lowest BCUT2D eigenvalue weighted by atomic mass is 9.60. The minimum atomic E-state index is -0.595. The molecule has 0 bridgehead atoms. The molecule has 6 N–H and O–H groups in total. The van der Waals surface area contributed by atoms with Crippen molar-refractivity contribution < 1.29 is 30.6 Å². The molecule has 9 aliphatic rings. The van der Waals surface area contributed by atoms with E-state index in [1.165, 1.54) is 154 Å². The van der Waals surface area contributed by atoms with Crippen LogP contribution in [-0.2, 0) is 0 Å². The molecule has 0 radical (unpaired) electrons. The van der Waals surface area contributed by atoms with Crippen LogP contribution in [0, 0.1) is 87.3 Å². The maximum Gasteiger partial charge on any atom is 0.0811 e. The molecule has 0 amide bonds. The summed E-state index contributed by atoms with van der Waals surface area (Å²) in [6.45, 7) is 41.5. The van der Waals surface area contributed by atoms with Gasteiger partial charge in [-0.1, -0.05) is 214 Å². The van der Waals surface area contributed by atoms with Crippen LogP contribution in [0.5, 0.6) is 0 Å². The molecule has 0 spiro atoms. The third kappa shape index (κ3) is 18.2. The topological polar surface area (TPSA) is 121 Å². The van der Waals surface area contributed by atoms with Crippen LogP contribution in [0.3, 0.4) is 0 Å². The zero-order valence-corrected chi connectivity index (χ0v) is 57.9. The summed E-state index contributed by atoms with van der Waals surface area (Å²) in [5.74, 6) is 9.60. The van der Waals surface area contributed by atoms with Gasteiger partial charge in [0.2, 0.25) is 0 Å². The molecule has 0 heterocycles. The van der Waals surface area contributed by atoms with Crippen LogP contribution in [0.2, 0.25) is 0 Å². The lowest BCUT2D eigenvalue weighted by Gasteiger charge is -2.44. The number of hydrogen-bond donors (Lipinski definition) is 6. The number of allylic oxidation sites excluding steroid dienone is 9. The first kappa shape index (κ1) is 71.9. The van der Waals surface area contributed by atoms with Gasteiger partial charge in [0, 0.05) is 19.3 Å². The van der Waals surface area contributed by atoms with E-state index in [1.54, 1.807) is 16.7 Å². The fraction of sp³-hybridized carbons (Fsp3) is 0.778. The van der Waals surface area contributed by atoms with Crippen molar-refractivity contribution in [2.24, 2.45) is 87.3 Å². The zero-order chi connectivity index (χ0) is 63.5. The lowest BCUT2D eigenvalue weighted by Crippen LogP contribution is -2.36. The second-order valence-electron chi connectivity index (χ2n) is 32.9. The van der Waals surface area contributed by atoms with Crippen LogP contribution in [0.15, 0.2) is 106 Å². The highest BCUT2D eigenvalue weighted by Gasteiger charge is 2.53. The molecule has 6 nitrogen and oxygen atoms in total. The van der Waals surface area contributed by atoms with Gasteiger partial charge < -0.3 is 30.6 Å². The smallest absolute Gasteiger partial charge is 0.0811 e. The number of aliphatic hydroxyl groups is 6. The highest BCUT2D eigenvalue weighted by molar-refractivity contribution is 5.41. The molecule has 0 unspecified atom stereocenters. The largest absolute Gasteiger partial charge is 0.393 e. The second-order valence-corrected chi connectivity index (χ2v) is 32.9. The van der Waals surface area contributed by atoms with Crippen molar-refractivity contribution in [3.8, 4) is 0 Å². The van der Waals surface area contributed by atoms with Crippen LogP contribution >= 0.6 is 0 Å². The Balaban J connectivity index is 0.000000186. The number of rotatable bonds is 18. The summed E-state index contributed by atoms with van der Waals surface area (Å²) in [6, 6.07) is 0. The molecule has 492 valence electrons. The molecule has 9 aliphatic carbocycles. The number of fused-ring (bicyclic) bond motifs is 3. The Kier molecular flexibility index (Phi) is 26.7. The average Bonchev–Trinajstić information content (AvgIpc) is 1.74. The van der Waals surface area contributed by atoms with Gasteiger partial charge in [0.25, 0.3) is 0 Å². The van der Waals surface area contributed by atoms with E-state index in [0.29, 0.717) is 72.5 Å². The van der Waals surface area contributed by atoms with E-state index in [4.69, 9.17) is 0 Å². The molecule has 0 aromatic rings. The van der Waals surface area contributed by atoms with Crippen molar-refractivity contribution in [2.75, 3.05) is 0 Å². The van der Waals surface area contributed by atoms with E-state index in [1.807, 2.05) is 0 Å². The van der Waals surface area contributed by atoms with Crippen LogP contribution in [0.1, 0.15) is 276 Å². The normalized spacial score (nSPS) is 39.3. The summed E-state index contributed by atoms with van der Waals surface area (Å²) in [6.07, 6.45) is 45.5. The van der Waals surface area contributed by atoms with Gasteiger partial charge in [-0.3, -0.25) is 0 Å². The number of aliphatic hydroxyl groups excluding tert-OH is 6. The molecular weight excluding hydrogens is 1070 g/mol. The SMILES string of the molecule is C=C1/C(=C\C=C2/CCC[C@]3(C)[C@@H]([C@H](C)CCCC(C)C)CC[C@@H]23)C[C@@H](O)C[C@@H]1O.C=C1/C(=C\C=C2/CCC[C@]3(C)[C@@H]([C@H](C)CCCC(C)C)CC[C@@H]23)C[C@@H](O)C[C@@H]1O.C=C1/C(=C\C=C2/CCC[C@]3(C)[C@@H]([C@H](C)CCCC(C)C)CC[C@@H]23)C[C@@H](O)C[C@@H]1O. The Bertz CT molecular complexity index is 2200. The fourth-order valence-electron chi connectivity index (χ4n) is 20.2. The van der Waals surface area contributed by atoms with Crippen LogP contribution in [-0.4, -0.2) is 67.3 Å². The fourth-order valence-corrected chi connectivity index (χ4v) is 20.2. The summed E-state index contributed by atoms with van der Waals surface area (Å²) in [7, 11) is 0. The molecule has 6 heteroatoms. The number of hydrogen-bond acceptors (Lipinski definition) is 6. The third-order valence-electron chi connectivity index (χ3n) is 25.3. The molecule has 87 heavy (non-hydrogen) atoms. The van der Waals surface area contributed by atoms with Crippen molar-refractivity contribution in [1.29, 1.82) is 0 Å². The summed E-state index contributed by atoms with van der Waals surface area (Å²) >= 11 is 0. The van der Waals surface area contributed by atoms with E-state index in [0.717, 1.165) is 86.7 Å². The van der Waals surface area contributed by atoms with E-state index >= 15 is 0 Å². The molecule has 9 saturated carbocycles. The van der Waals surface area contributed by atoms with Crippen molar-refractivity contribution >= 4 is 0 Å². The summed E-state index contributed by atoms with van der Waals surface area (Å²) < 4.78 is 0. The van der Waals surface area contributed by atoms with Gasteiger partial charge in [0.1, 0.15) is 0 Å². The highest BCUT2D eigenvalue weighted by atomic mass is 16.3. The lowest BCUT2D eigenvalue weighted by molar-refractivity contribution is 0.0855. The Hall–Kier alpha value is -2.58. The molecule has 0 aliphatic heterocycles. The quantitative estimate of drug-likeness (QED) is 0.0813. The molecule has 9 fully saturated rings. The van der Waals surface area contributed by atoms with Crippen molar-refractivity contribution in [3.63, 3.8) is 0 Å². The van der Waals surface area contributed by atoms with Crippen molar-refractivity contribution in [3.05, 3.63) is 106 Å². The van der Waals surface area contributed by atoms with Crippen molar-refractivity contribution in [2.45, 2.75) is 312 Å². The van der Waals surface area contributed by atoms with E-state index < -0.39 is 36.6 Å². The van der Waals surface area contributed by atoms with Crippen LogP contribution in [0.4, 0.5) is 0 Å². The first-order valence-corrected chi connectivity index (χ1v) is 36.5. The summed E-state index contributed by atoms with van der Waals surface area (Å²) in [5.41, 5.74) is 11.7. The van der Waals surface area contributed by atoms with E-state index in [2.05, 4.69) is 139 Å². The molecule has 9 rings (SSSR count). The Morgan fingerprint density at radius 2 is 0.632 bits per heavy atom. The molecule has 18 atom stereocenters. The standard InChI is InChI=1S/3C27H44O2/c3*1-18(2)8-6-9-19(3)24-13-14-25-21(10-7-15-27(24,25)5)11-12-22-16-23(28)17-26(29)20(22)4/h3*11-12,18-19,23-26,28-29H,4,6-10,13-17H2,1-3,5H3/b3*21-11+,22-12-/t3*19-,23-,24-,25+,26+,27-/m111/s1. The Labute approximate surface area is 533 Å². The molecule has 0 saturated heterocycles. The van der Waals surface area contributed by atoms with Gasteiger partial charge >= 0.3 is 0 Å². The zero-order valence-electron chi connectivity index (χ0n) is 57.9. The van der Waals surface area contributed by atoms with Gasteiger partial charge in [0.05, 0.1) is 36.6 Å². The Morgan fingerprint density at radius 1 is 0.379 bits per heavy atom. The average molecular weight is 1200 g/mol. The van der Waals surface area contributed by atoms with E-state index in [-0.39, 0.29) is 0 Å². The van der Waals surface area contributed by atoms with Crippen LogP contribution in [0.25, 0.3) is 0 Å². The monoisotopic (exact) mass is 1200 g/mol. The first-order valence-electron chi connectivity index (χ1n) is 36.5. The summed E-state index contributed by atoms with van der Waals surface area (Å²) in [5, 5.41) is 60.5. The second kappa shape index (κ2) is 32.3. The van der Waals surface area contributed by atoms with Crippen LogP contribution < -0.4 is 0 Å². The third-order valence-corrected chi connectivity index (χ3v) is 25.3. The molecule has 0 aromatic carbocycles. The minimum absolute atomic E-state index is 0.420. The highest BCUT2D eigenvalue weighted by Crippen LogP contribution is 2.63. The first-order chi connectivity index (χ1) is 41.2. The van der Waals surface area contributed by atoms with Gasteiger partial charge in [-0.15, -0.1) is 0 Å². The maximum absolute atomic E-state index is 10.1. The predicted molar refractivity (Wildman–Crippen MR) is 368 cm³/mol. The Morgan fingerprint density at radius 3 is 0.874 bits per heavy atom. The van der Waals surface area contributed by atoms with E-state index in [9.17, 15) is 30.6 Å². The van der Waals surface area contributed by atoms with Gasteiger partial charge in [-0.2, -0.15) is 0 Å². The van der Waals surface area contributed by atoms with Gasteiger partial charge in [0.15, 0.2) is 0 Å². The molecule has 0 aromatic heterocycles.